The molecule has 0 aromatic heterocycles. The van der Waals surface area contributed by atoms with E-state index in [4.69, 9.17) is 10.5 Å². The van der Waals surface area contributed by atoms with E-state index in [9.17, 15) is 9.59 Å². The Kier molecular flexibility index (Phi) is 4.65. The van der Waals surface area contributed by atoms with Gasteiger partial charge in [-0.25, -0.2) is 4.79 Å². The van der Waals surface area contributed by atoms with Gasteiger partial charge in [-0.3, -0.25) is 4.79 Å². The number of benzene rings is 2. The van der Waals surface area contributed by atoms with Gasteiger partial charge in [0.05, 0.1) is 19.1 Å². The molecule has 0 spiro atoms. The van der Waals surface area contributed by atoms with Gasteiger partial charge in [-0.15, -0.1) is 0 Å². The number of amides is 3. The van der Waals surface area contributed by atoms with Gasteiger partial charge in [-0.1, -0.05) is 36.4 Å². The molecule has 0 saturated heterocycles. The molecule has 0 fully saturated rings. The van der Waals surface area contributed by atoms with Crippen LogP contribution < -0.4 is 21.1 Å². The summed E-state index contributed by atoms with van der Waals surface area (Å²) >= 11 is 0. The summed E-state index contributed by atoms with van der Waals surface area (Å²) < 4.78 is 5.59. The van der Waals surface area contributed by atoms with E-state index in [1.807, 2.05) is 24.3 Å². The molecule has 3 amide bonds. The summed E-state index contributed by atoms with van der Waals surface area (Å²) in [6.07, 6.45) is 0.782. The van der Waals surface area contributed by atoms with Crippen molar-refractivity contribution in [2.45, 2.75) is 18.9 Å². The average molecular weight is 325 g/mol. The second-order valence-electron chi connectivity index (χ2n) is 5.63. The first-order valence-electron chi connectivity index (χ1n) is 7.79. The molecule has 1 atom stereocenters. The Morgan fingerprint density at radius 2 is 1.88 bits per heavy atom. The minimum Gasteiger partial charge on any atom is -0.493 e. The zero-order chi connectivity index (χ0) is 16.9. The van der Waals surface area contributed by atoms with Crippen LogP contribution in [0, 0.1) is 0 Å². The molecule has 0 aliphatic carbocycles. The first-order valence-corrected chi connectivity index (χ1v) is 7.79. The highest BCUT2D eigenvalue weighted by atomic mass is 16.5. The number of hydrogen-bond acceptors (Lipinski definition) is 3. The van der Waals surface area contributed by atoms with Crippen LogP contribution in [-0.4, -0.2) is 18.5 Å². The van der Waals surface area contributed by atoms with E-state index in [2.05, 4.69) is 10.6 Å². The van der Waals surface area contributed by atoms with Crippen molar-refractivity contribution in [3.8, 4) is 5.75 Å². The van der Waals surface area contributed by atoms with Gasteiger partial charge in [0.1, 0.15) is 5.75 Å². The van der Waals surface area contributed by atoms with Crippen molar-refractivity contribution >= 4 is 17.6 Å². The molecule has 2 aromatic rings. The van der Waals surface area contributed by atoms with E-state index >= 15 is 0 Å². The minimum absolute atomic E-state index is 0.0799. The zero-order valence-electron chi connectivity index (χ0n) is 13.1. The van der Waals surface area contributed by atoms with E-state index < -0.39 is 5.91 Å². The van der Waals surface area contributed by atoms with Crippen LogP contribution >= 0.6 is 0 Å². The summed E-state index contributed by atoms with van der Waals surface area (Å²) in [5, 5.41) is 5.75. The molecular formula is C18H19N3O3. The van der Waals surface area contributed by atoms with Crippen molar-refractivity contribution in [1.82, 2.24) is 5.32 Å². The smallest absolute Gasteiger partial charge is 0.319 e. The first kappa shape index (κ1) is 15.9. The van der Waals surface area contributed by atoms with Gasteiger partial charge in [0.15, 0.2) is 0 Å². The lowest BCUT2D eigenvalue weighted by Crippen LogP contribution is -2.35. The summed E-state index contributed by atoms with van der Waals surface area (Å²) in [5.74, 6) is 0.353. The largest absolute Gasteiger partial charge is 0.493 e. The highest BCUT2D eigenvalue weighted by Gasteiger charge is 2.22. The summed E-state index contributed by atoms with van der Waals surface area (Å²) in [7, 11) is 0. The number of hydrogen-bond donors (Lipinski definition) is 3. The van der Waals surface area contributed by atoms with Crippen LogP contribution in [-0.2, 0) is 11.2 Å². The molecule has 3 rings (SSSR count). The zero-order valence-corrected chi connectivity index (χ0v) is 13.1. The number of rotatable bonds is 4. The van der Waals surface area contributed by atoms with Crippen molar-refractivity contribution in [3.63, 3.8) is 0 Å². The Morgan fingerprint density at radius 1 is 1.12 bits per heavy atom. The molecule has 1 aliphatic rings. The van der Waals surface area contributed by atoms with Crippen LogP contribution in [0.5, 0.6) is 5.75 Å². The number of para-hydroxylation sites is 2. The molecule has 6 heteroatoms. The molecule has 0 saturated carbocycles. The van der Waals surface area contributed by atoms with Gasteiger partial charge in [0.2, 0.25) is 5.91 Å². The second-order valence-corrected chi connectivity index (χ2v) is 5.63. The number of fused-ring (bicyclic) bond motifs is 1. The van der Waals surface area contributed by atoms with Gasteiger partial charge in [-0.05, 0) is 17.7 Å². The second kappa shape index (κ2) is 7.04. The number of nitrogens with two attached hydrogens (primary N) is 1. The van der Waals surface area contributed by atoms with Crippen molar-refractivity contribution in [2.75, 3.05) is 11.9 Å². The van der Waals surface area contributed by atoms with E-state index in [-0.39, 0.29) is 18.5 Å². The summed E-state index contributed by atoms with van der Waals surface area (Å²) in [6.45, 7) is 0.556. The lowest BCUT2D eigenvalue weighted by molar-refractivity contribution is -0.117. The quantitative estimate of drug-likeness (QED) is 0.805. The van der Waals surface area contributed by atoms with Crippen LogP contribution in [0.1, 0.15) is 23.6 Å². The monoisotopic (exact) mass is 325 g/mol. The van der Waals surface area contributed by atoms with Crippen LogP contribution in [0.25, 0.3) is 0 Å². The molecular weight excluding hydrogens is 306 g/mol. The van der Waals surface area contributed by atoms with Crippen molar-refractivity contribution in [1.29, 1.82) is 0 Å². The summed E-state index contributed by atoms with van der Waals surface area (Å²) in [6, 6.07) is 14.3. The third-order valence-electron chi connectivity index (χ3n) is 3.89. The van der Waals surface area contributed by atoms with Crippen LogP contribution in [0.2, 0.25) is 0 Å². The van der Waals surface area contributed by atoms with Crippen LogP contribution in [0.3, 0.4) is 0 Å². The summed E-state index contributed by atoms with van der Waals surface area (Å²) in [5.41, 5.74) is 7.47. The Balaban J connectivity index is 1.70. The fraction of sp³-hybridized carbons (Fsp3) is 0.222. The Morgan fingerprint density at radius 3 is 2.71 bits per heavy atom. The number of ether oxygens (including phenoxy) is 1. The normalized spacial score (nSPS) is 15.8. The Bertz CT molecular complexity index is 761. The van der Waals surface area contributed by atoms with E-state index in [1.165, 1.54) is 0 Å². The third-order valence-corrected chi connectivity index (χ3v) is 3.89. The average Bonchev–Trinajstić information content (AvgIpc) is 2.56. The molecule has 0 radical (unpaired) electrons. The predicted molar refractivity (Wildman–Crippen MR) is 90.8 cm³/mol. The standard InChI is InChI=1S/C18H19N3O3/c19-17(22)11-12-5-1-3-7-14(12)20-18(23)21-15-9-10-24-16-8-4-2-6-13(15)16/h1-8,15H,9-11H2,(H2,19,22)(H2,20,21,23). The highest BCUT2D eigenvalue weighted by molar-refractivity contribution is 5.91. The van der Waals surface area contributed by atoms with Crippen molar-refractivity contribution in [3.05, 3.63) is 59.7 Å². The van der Waals surface area contributed by atoms with Crippen molar-refractivity contribution < 1.29 is 14.3 Å². The number of carbonyl (C=O) groups is 2. The first-order chi connectivity index (χ1) is 11.6. The molecule has 0 bridgehead atoms. The molecule has 2 aromatic carbocycles. The molecule has 1 unspecified atom stereocenters. The lowest BCUT2D eigenvalue weighted by Gasteiger charge is -2.26. The fourth-order valence-corrected chi connectivity index (χ4v) is 2.79. The minimum atomic E-state index is -0.442. The van der Waals surface area contributed by atoms with Gasteiger partial charge in [-0.2, -0.15) is 0 Å². The fourth-order valence-electron chi connectivity index (χ4n) is 2.79. The van der Waals surface area contributed by atoms with E-state index in [0.717, 1.165) is 11.3 Å². The molecule has 6 nitrogen and oxygen atoms in total. The highest BCUT2D eigenvalue weighted by Crippen LogP contribution is 2.31. The Labute approximate surface area is 140 Å². The Hall–Kier alpha value is -3.02. The number of carbonyl (C=O) groups excluding carboxylic acids is 2. The van der Waals surface area contributed by atoms with Crippen LogP contribution in [0.15, 0.2) is 48.5 Å². The molecule has 1 heterocycles. The van der Waals surface area contributed by atoms with Crippen LogP contribution in [0.4, 0.5) is 10.5 Å². The van der Waals surface area contributed by atoms with E-state index in [1.54, 1.807) is 24.3 Å². The molecule has 4 N–H and O–H groups in total. The van der Waals surface area contributed by atoms with E-state index in [0.29, 0.717) is 24.3 Å². The SMILES string of the molecule is NC(=O)Cc1ccccc1NC(=O)NC1CCOc2ccccc21. The topological polar surface area (TPSA) is 93.5 Å². The lowest BCUT2D eigenvalue weighted by atomic mass is 10.0. The van der Waals surface area contributed by atoms with Gasteiger partial charge < -0.3 is 21.1 Å². The van der Waals surface area contributed by atoms with Gasteiger partial charge >= 0.3 is 6.03 Å². The number of primary amides is 1. The number of anilines is 1. The van der Waals surface area contributed by atoms with Gasteiger partial charge in [0, 0.05) is 17.7 Å². The van der Waals surface area contributed by atoms with Gasteiger partial charge in [0.25, 0.3) is 0 Å². The number of nitrogens with one attached hydrogen (secondary N) is 2. The maximum atomic E-state index is 12.3. The predicted octanol–water partition coefficient (Wildman–Crippen LogP) is 2.36. The van der Waals surface area contributed by atoms with Crippen molar-refractivity contribution in [2.24, 2.45) is 5.73 Å². The number of urea groups is 1. The molecule has 24 heavy (non-hydrogen) atoms. The molecule has 1 aliphatic heterocycles. The third kappa shape index (κ3) is 3.65. The maximum absolute atomic E-state index is 12.3. The maximum Gasteiger partial charge on any atom is 0.319 e. The molecule has 124 valence electrons. The summed E-state index contributed by atoms with van der Waals surface area (Å²) in [4.78, 5) is 23.5.